The van der Waals surface area contributed by atoms with E-state index in [1.54, 1.807) is 17.8 Å². The minimum atomic E-state index is -0.998. The largest absolute Gasteiger partial charge is 0.476 e. The zero-order valence-electron chi connectivity index (χ0n) is 8.51. The second kappa shape index (κ2) is 4.25. The van der Waals surface area contributed by atoms with Crippen molar-refractivity contribution in [2.45, 2.75) is 6.92 Å². The molecule has 0 spiro atoms. The molecule has 82 valence electrons. The van der Waals surface area contributed by atoms with Crippen LogP contribution in [0.5, 0.6) is 0 Å². The average Bonchev–Trinajstić information content (AvgIpc) is 2.61. The van der Waals surface area contributed by atoms with E-state index in [0.29, 0.717) is 5.56 Å². The lowest BCUT2D eigenvalue weighted by Crippen LogP contribution is -2.02. The minimum Gasteiger partial charge on any atom is -0.476 e. The Morgan fingerprint density at radius 3 is 2.69 bits per heavy atom. The van der Waals surface area contributed by atoms with Gasteiger partial charge >= 0.3 is 5.97 Å². The summed E-state index contributed by atoms with van der Waals surface area (Å²) in [4.78, 5) is 10.9. The van der Waals surface area contributed by atoms with Crippen molar-refractivity contribution in [1.82, 2.24) is 9.78 Å². The number of benzene rings is 1. The lowest BCUT2D eigenvalue weighted by atomic mass is 10.3. The Bertz CT molecular complexity index is 549. The Kier molecular flexibility index (Phi) is 2.95. The number of hydrogen-bond acceptors (Lipinski definition) is 2. The standard InChI is InChI=1S/C11H9IN2O2/c1-7-6-14(13-10(7)11(15)16)9-5-3-2-4-8(9)12/h2-6H,1H3,(H,15,16). The SMILES string of the molecule is Cc1cn(-c2ccccc2I)nc1C(=O)O. The van der Waals surface area contributed by atoms with E-state index in [-0.39, 0.29) is 5.69 Å². The minimum absolute atomic E-state index is 0.0969. The van der Waals surface area contributed by atoms with Crippen LogP contribution in [0, 0.1) is 10.5 Å². The third-order valence-electron chi connectivity index (χ3n) is 2.20. The van der Waals surface area contributed by atoms with Crippen LogP contribution in [0.1, 0.15) is 16.1 Å². The molecule has 1 heterocycles. The molecule has 1 aromatic carbocycles. The molecular formula is C11H9IN2O2. The molecule has 1 N–H and O–H groups in total. The van der Waals surface area contributed by atoms with E-state index in [1.165, 1.54) is 0 Å². The fraction of sp³-hybridized carbons (Fsp3) is 0.0909. The third kappa shape index (κ3) is 1.95. The highest BCUT2D eigenvalue weighted by Crippen LogP contribution is 2.17. The summed E-state index contributed by atoms with van der Waals surface area (Å²) in [7, 11) is 0. The molecule has 16 heavy (non-hydrogen) atoms. The van der Waals surface area contributed by atoms with Gasteiger partial charge < -0.3 is 5.11 Å². The van der Waals surface area contributed by atoms with Crippen LogP contribution in [0.2, 0.25) is 0 Å². The van der Waals surface area contributed by atoms with Gasteiger partial charge in [0.15, 0.2) is 5.69 Å². The third-order valence-corrected chi connectivity index (χ3v) is 3.11. The lowest BCUT2D eigenvalue weighted by molar-refractivity contribution is 0.0689. The number of carbonyl (C=O) groups is 1. The van der Waals surface area contributed by atoms with Gasteiger partial charge in [-0.3, -0.25) is 0 Å². The highest BCUT2D eigenvalue weighted by Gasteiger charge is 2.13. The summed E-state index contributed by atoms with van der Waals surface area (Å²) in [5, 5.41) is 13.0. The molecule has 0 fully saturated rings. The highest BCUT2D eigenvalue weighted by atomic mass is 127. The predicted octanol–water partition coefficient (Wildman–Crippen LogP) is 2.48. The van der Waals surface area contributed by atoms with Crippen LogP contribution in [0.25, 0.3) is 5.69 Å². The fourth-order valence-corrected chi connectivity index (χ4v) is 2.07. The molecule has 0 bridgehead atoms. The topological polar surface area (TPSA) is 55.1 Å². The van der Waals surface area contributed by atoms with Gasteiger partial charge in [0.1, 0.15) is 0 Å². The second-order valence-electron chi connectivity index (χ2n) is 3.36. The van der Waals surface area contributed by atoms with Crippen molar-refractivity contribution in [2.24, 2.45) is 0 Å². The van der Waals surface area contributed by atoms with Crippen molar-refractivity contribution in [3.63, 3.8) is 0 Å². The van der Waals surface area contributed by atoms with Gasteiger partial charge in [-0.25, -0.2) is 9.48 Å². The van der Waals surface area contributed by atoms with Crippen LogP contribution in [-0.4, -0.2) is 20.9 Å². The van der Waals surface area contributed by atoms with Gasteiger partial charge in [-0.1, -0.05) is 12.1 Å². The van der Waals surface area contributed by atoms with Gasteiger partial charge in [-0.2, -0.15) is 5.10 Å². The summed E-state index contributed by atoms with van der Waals surface area (Å²) >= 11 is 2.19. The Balaban J connectivity index is 2.54. The Labute approximate surface area is 106 Å². The highest BCUT2D eigenvalue weighted by molar-refractivity contribution is 14.1. The summed E-state index contributed by atoms with van der Waals surface area (Å²) in [5.41, 5.74) is 1.64. The Morgan fingerprint density at radius 2 is 2.12 bits per heavy atom. The number of nitrogens with zero attached hydrogens (tertiary/aromatic N) is 2. The number of carboxylic acid groups (broad SMARTS) is 1. The lowest BCUT2D eigenvalue weighted by Gasteiger charge is -2.02. The van der Waals surface area contributed by atoms with Crippen molar-refractivity contribution in [1.29, 1.82) is 0 Å². The van der Waals surface area contributed by atoms with Crippen LogP contribution in [0.4, 0.5) is 0 Å². The molecule has 2 aromatic rings. The zero-order valence-corrected chi connectivity index (χ0v) is 10.7. The van der Waals surface area contributed by atoms with Crippen molar-refractivity contribution in [3.8, 4) is 5.69 Å². The zero-order chi connectivity index (χ0) is 11.7. The molecule has 1 aromatic heterocycles. The van der Waals surface area contributed by atoms with Gasteiger partial charge in [0.2, 0.25) is 0 Å². The molecule has 0 saturated carbocycles. The van der Waals surface area contributed by atoms with Crippen LogP contribution >= 0.6 is 22.6 Å². The Morgan fingerprint density at radius 1 is 1.44 bits per heavy atom. The van der Waals surface area contributed by atoms with Gasteiger partial charge in [-0.05, 0) is 41.6 Å². The van der Waals surface area contributed by atoms with Crippen molar-refractivity contribution < 1.29 is 9.90 Å². The van der Waals surface area contributed by atoms with Gasteiger partial charge in [-0.15, -0.1) is 0 Å². The molecule has 0 aliphatic carbocycles. The van der Waals surface area contributed by atoms with E-state index >= 15 is 0 Å². The monoisotopic (exact) mass is 328 g/mol. The quantitative estimate of drug-likeness (QED) is 0.862. The molecule has 4 nitrogen and oxygen atoms in total. The maximum atomic E-state index is 10.9. The van der Waals surface area contributed by atoms with Crippen molar-refractivity contribution in [3.05, 3.63) is 45.3 Å². The number of para-hydroxylation sites is 1. The first-order valence-electron chi connectivity index (χ1n) is 4.64. The molecule has 2 rings (SSSR count). The maximum absolute atomic E-state index is 10.9. The average molecular weight is 328 g/mol. The molecule has 0 aliphatic rings. The van der Waals surface area contributed by atoms with Crippen LogP contribution in [0.3, 0.4) is 0 Å². The van der Waals surface area contributed by atoms with E-state index < -0.39 is 5.97 Å². The van der Waals surface area contributed by atoms with Crippen molar-refractivity contribution in [2.75, 3.05) is 0 Å². The van der Waals surface area contributed by atoms with Gasteiger partial charge in [0, 0.05) is 15.3 Å². The van der Waals surface area contributed by atoms with Crippen molar-refractivity contribution >= 4 is 28.6 Å². The molecule has 0 radical (unpaired) electrons. The number of aromatic nitrogens is 2. The van der Waals surface area contributed by atoms with Gasteiger partial charge in [0.25, 0.3) is 0 Å². The van der Waals surface area contributed by atoms with Gasteiger partial charge in [0.05, 0.1) is 5.69 Å². The van der Waals surface area contributed by atoms with E-state index in [0.717, 1.165) is 9.26 Å². The number of rotatable bonds is 2. The first-order valence-corrected chi connectivity index (χ1v) is 5.72. The summed E-state index contributed by atoms with van der Waals surface area (Å²) in [5.74, 6) is -0.998. The smallest absolute Gasteiger partial charge is 0.356 e. The number of carboxylic acids is 1. The molecular weight excluding hydrogens is 319 g/mol. The predicted molar refractivity (Wildman–Crippen MR) is 68.0 cm³/mol. The van der Waals surface area contributed by atoms with E-state index in [1.807, 2.05) is 24.3 Å². The normalized spacial score (nSPS) is 10.4. The second-order valence-corrected chi connectivity index (χ2v) is 4.52. The molecule has 0 unspecified atom stereocenters. The summed E-state index contributed by atoms with van der Waals surface area (Å²) in [6.45, 7) is 1.74. The number of aryl methyl sites for hydroxylation is 1. The maximum Gasteiger partial charge on any atom is 0.356 e. The number of aromatic carboxylic acids is 1. The summed E-state index contributed by atoms with van der Waals surface area (Å²) < 4.78 is 2.63. The molecule has 0 aliphatic heterocycles. The first-order chi connectivity index (χ1) is 7.59. The number of halogens is 1. The molecule has 5 heteroatoms. The summed E-state index contributed by atoms with van der Waals surface area (Å²) in [6.07, 6.45) is 1.72. The molecule has 0 saturated heterocycles. The first kappa shape index (κ1) is 11.1. The summed E-state index contributed by atoms with van der Waals surface area (Å²) in [6, 6.07) is 7.68. The molecule has 0 amide bonds. The van der Waals surface area contributed by atoms with Crippen LogP contribution in [-0.2, 0) is 0 Å². The Hall–Kier alpha value is -1.37. The van der Waals surface area contributed by atoms with Crippen LogP contribution in [0.15, 0.2) is 30.5 Å². The van der Waals surface area contributed by atoms with E-state index in [4.69, 9.17) is 5.11 Å². The number of hydrogen-bond donors (Lipinski definition) is 1. The fourth-order valence-electron chi connectivity index (χ4n) is 1.43. The van der Waals surface area contributed by atoms with E-state index in [2.05, 4.69) is 27.7 Å². The van der Waals surface area contributed by atoms with Crippen LogP contribution < -0.4 is 0 Å². The molecule has 0 atom stereocenters. The van der Waals surface area contributed by atoms with E-state index in [9.17, 15) is 4.79 Å².